The van der Waals surface area contributed by atoms with Crippen molar-refractivity contribution in [1.29, 1.82) is 0 Å². The van der Waals surface area contributed by atoms with Crippen LogP contribution in [0.2, 0.25) is 0 Å². The van der Waals surface area contributed by atoms with Crippen molar-refractivity contribution in [3.05, 3.63) is 25.8 Å². The van der Waals surface area contributed by atoms with Gasteiger partial charge in [-0.3, -0.25) is 0 Å². The van der Waals surface area contributed by atoms with E-state index in [1.165, 1.54) is 0 Å². The van der Waals surface area contributed by atoms with Crippen LogP contribution in [0.1, 0.15) is 6.92 Å². The number of aliphatic hydroxyl groups is 6. The lowest BCUT2D eigenvalue weighted by Gasteiger charge is -2.24. The minimum atomic E-state index is -1.67. The zero-order chi connectivity index (χ0) is 14.4. The van der Waals surface area contributed by atoms with Gasteiger partial charge in [-0.05, 0) is 6.92 Å². The molecule has 0 aromatic heterocycles. The molecule has 0 aromatic rings. The van der Waals surface area contributed by atoms with E-state index in [4.69, 9.17) is 30.6 Å². The van der Waals surface area contributed by atoms with Gasteiger partial charge in [-0.2, -0.15) is 0 Å². The maximum atomic E-state index is 8.96. The second kappa shape index (κ2) is 15.2. The molecule has 104 valence electrons. The van der Waals surface area contributed by atoms with Crippen molar-refractivity contribution in [2.75, 3.05) is 13.2 Å². The molecular weight excluding hydrogens is 228 g/mol. The van der Waals surface area contributed by atoms with Gasteiger partial charge in [0, 0.05) is 0 Å². The van der Waals surface area contributed by atoms with Crippen LogP contribution in [0, 0.1) is 0 Å². The smallest absolute Gasteiger partial charge is 0.111 e. The molecular formula is C11H24O6. The van der Waals surface area contributed by atoms with Gasteiger partial charge >= 0.3 is 0 Å². The quantitative estimate of drug-likeness (QED) is 0.328. The molecule has 17 heavy (non-hydrogen) atoms. The number of aliphatic hydroxyl groups excluding tert-OH is 6. The van der Waals surface area contributed by atoms with Crippen LogP contribution in [-0.4, -0.2) is 68.3 Å². The SMILES string of the molecule is C=C.C=CC.OCC(O)C(O)C(O)C(O)CO. The Morgan fingerprint density at radius 1 is 0.882 bits per heavy atom. The predicted octanol–water partition coefficient (Wildman–Crippen LogP) is -1.59. The summed E-state index contributed by atoms with van der Waals surface area (Å²) in [5.41, 5.74) is 0. The molecule has 0 aliphatic heterocycles. The molecule has 4 unspecified atom stereocenters. The maximum absolute atomic E-state index is 8.96. The number of rotatable bonds is 5. The van der Waals surface area contributed by atoms with E-state index in [9.17, 15) is 0 Å². The fraction of sp³-hybridized carbons (Fsp3) is 0.636. The fourth-order valence-electron chi connectivity index (χ4n) is 0.671. The maximum Gasteiger partial charge on any atom is 0.111 e. The molecule has 0 aliphatic rings. The first-order valence-corrected chi connectivity index (χ1v) is 4.97. The predicted molar refractivity (Wildman–Crippen MR) is 65.3 cm³/mol. The topological polar surface area (TPSA) is 121 Å². The Morgan fingerprint density at radius 2 is 1.06 bits per heavy atom. The largest absolute Gasteiger partial charge is 0.394 e. The van der Waals surface area contributed by atoms with Crippen molar-refractivity contribution in [3.8, 4) is 0 Å². The first-order valence-electron chi connectivity index (χ1n) is 4.97. The number of hydrogen-bond acceptors (Lipinski definition) is 6. The number of allylic oxidation sites excluding steroid dienone is 1. The van der Waals surface area contributed by atoms with Crippen LogP contribution < -0.4 is 0 Å². The highest BCUT2D eigenvalue weighted by Crippen LogP contribution is 2.03. The third kappa shape index (κ3) is 11.5. The molecule has 0 aliphatic carbocycles. The van der Waals surface area contributed by atoms with Gasteiger partial charge in [-0.1, -0.05) is 6.08 Å². The van der Waals surface area contributed by atoms with Gasteiger partial charge in [0.15, 0.2) is 0 Å². The molecule has 0 spiro atoms. The van der Waals surface area contributed by atoms with Gasteiger partial charge in [0.2, 0.25) is 0 Å². The van der Waals surface area contributed by atoms with Crippen LogP contribution in [0.15, 0.2) is 25.8 Å². The fourth-order valence-corrected chi connectivity index (χ4v) is 0.671. The Morgan fingerprint density at radius 3 is 1.18 bits per heavy atom. The molecule has 0 bridgehead atoms. The Balaban J connectivity index is -0.000000337. The summed E-state index contributed by atoms with van der Waals surface area (Å²) in [5, 5.41) is 52.2. The van der Waals surface area contributed by atoms with Crippen molar-refractivity contribution >= 4 is 0 Å². The Hall–Kier alpha value is -0.760. The molecule has 0 saturated carbocycles. The molecule has 0 heterocycles. The van der Waals surface area contributed by atoms with Gasteiger partial charge in [0.1, 0.15) is 24.4 Å². The summed E-state index contributed by atoms with van der Waals surface area (Å²) in [4.78, 5) is 0. The summed E-state index contributed by atoms with van der Waals surface area (Å²) < 4.78 is 0. The summed E-state index contributed by atoms with van der Waals surface area (Å²) in [6.45, 7) is 9.80. The summed E-state index contributed by atoms with van der Waals surface area (Å²) in [7, 11) is 0. The zero-order valence-corrected chi connectivity index (χ0v) is 10.1. The normalized spacial score (nSPS) is 16.2. The minimum absolute atomic E-state index is 0.726. The van der Waals surface area contributed by atoms with E-state index in [0.717, 1.165) is 0 Å². The van der Waals surface area contributed by atoms with E-state index >= 15 is 0 Å². The van der Waals surface area contributed by atoms with Crippen molar-refractivity contribution in [3.63, 3.8) is 0 Å². The minimum Gasteiger partial charge on any atom is -0.394 e. The van der Waals surface area contributed by atoms with Gasteiger partial charge in [0.25, 0.3) is 0 Å². The second-order valence-corrected chi connectivity index (χ2v) is 2.89. The van der Waals surface area contributed by atoms with E-state index in [1.807, 2.05) is 6.92 Å². The van der Waals surface area contributed by atoms with Crippen LogP contribution in [0.25, 0.3) is 0 Å². The van der Waals surface area contributed by atoms with Crippen molar-refractivity contribution in [1.82, 2.24) is 0 Å². The lowest BCUT2D eigenvalue weighted by atomic mass is 10.0. The van der Waals surface area contributed by atoms with Crippen LogP contribution in [0.5, 0.6) is 0 Å². The lowest BCUT2D eigenvalue weighted by molar-refractivity contribution is -0.123. The Labute approximate surface area is 102 Å². The Kier molecular flexibility index (Phi) is 19.3. The van der Waals surface area contributed by atoms with E-state index in [2.05, 4.69) is 19.7 Å². The first-order chi connectivity index (χ1) is 7.95. The monoisotopic (exact) mass is 252 g/mol. The van der Waals surface area contributed by atoms with Crippen molar-refractivity contribution < 1.29 is 30.6 Å². The highest BCUT2D eigenvalue weighted by Gasteiger charge is 2.29. The third-order valence-electron chi connectivity index (χ3n) is 1.51. The van der Waals surface area contributed by atoms with E-state index < -0.39 is 37.6 Å². The molecule has 6 N–H and O–H groups in total. The highest BCUT2D eigenvalue weighted by atomic mass is 16.4. The first kappa shape index (κ1) is 21.5. The van der Waals surface area contributed by atoms with E-state index in [1.54, 1.807) is 6.08 Å². The highest BCUT2D eigenvalue weighted by molar-refractivity contribution is 4.79. The van der Waals surface area contributed by atoms with Crippen molar-refractivity contribution in [2.24, 2.45) is 0 Å². The molecule has 0 rings (SSSR count). The third-order valence-corrected chi connectivity index (χ3v) is 1.51. The summed E-state index contributed by atoms with van der Waals surface area (Å²) in [5.74, 6) is 0. The van der Waals surface area contributed by atoms with Gasteiger partial charge < -0.3 is 30.6 Å². The molecule has 6 heteroatoms. The average molecular weight is 252 g/mol. The van der Waals surface area contributed by atoms with Crippen LogP contribution >= 0.6 is 0 Å². The van der Waals surface area contributed by atoms with Gasteiger partial charge in [0.05, 0.1) is 13.2 Å². The Bertz CT molecular complexity index is 150. The molecule has 4 atom stereocenters. The molecule has 0 aromatic carbocycles. The molecule has 0 amide bonds. The van der Waals surface area contributed by atoms with Crippen molar-refractivity contribution in [2.45, 2.75) is 31.3 Å². The second-order valence-electron chi connectivity index (χ2n) is 2.89. The van der Waals surface area contributed by atoms with Crippen LogP contribution in [0.4, 0.5) is 0 Å². The van der Waals surface area contributed by atoms with Crippen LogP contribution in [0.3, 0.4) is 0 Å². The summed E-state index contributed by atoms with van der Waals surface area (Å²) in [6.07, 6.45) is -4.64. The van der Waals surface area contributed by atoms with E-state index in [0.29, 0.717) is 0 Å². The molecule has 0 saturated heterocycles. The average Bonchev–Trinajstić information content (AvgIpc) is 2.38. The number of hydrogen-bond donors (Lipinski definition) is 6. The van der Waals surface area contributed by atoms with Gasteiger partial charge in [-0.15, -0.1) is 19.7 Å². The zero-order valence-electron chi connectivity index (χ0n) is 10.1. The standard InChI is InChI=1S/C6H14O6.C3H6.C2H4/c7-1-3(9)5(11)6(12)4(10)2-8;1-3-2;1-2/h3-12H,1-2H2;3H,1H2,2H3;1-2H2. The van der Waals surface area contributed by atoms with E-state index in [-0.39, 0.29) is 0 Å². The summed E-state index contributed by atoms with van der Waals surface area (Å²) >= 11 is 0. The van der Waals surface area contributed by atoms with Gasteiger partial charge in [-0.25, -0.2) is 0 Å². The summed E-state index contributed by atoms with van der Waals surface area (Å²) in [6, 6.07) is 0. The lowest BCUT2D eigenvalue weighted by Crippen LogP contribution is -2.46. The molecule has 0 fully saturated rings. The molecule has 0 radical (unpaired) electrons. The van der Waals surface area contributed by atoms with Crippen LogP contribution in [-0.2, 0) is 0 Å². The molecule has 6 nitrogen and oxygen atoms in total.